The molecule has 0 aliphatic heterocycles. The Morgan fingerprint density at radius 3 is 2.36 bits per heavy atom. The molecule has 9 heteroatoms. The number of hydrogen-bond donors (Lipinski definition) is 1. The summed E-state index contributed by atoms with van der Waals surface area (Å²) < 4.78 is 22.1. The Kier molecular flexibility index (Phi) is 5.86. The number of rotatable bonds is 6. The van der Waals surface area contributed by atoms with Gasteiger partial charge in [0.15, 0.2) is 11.5 Å². The fraction of sp³-hybridized carbons (Fsp3) is 0.125. The lowest BCUT2D eigenvalue weighted by Gasteiger charge is -2.10. The zero-order valence-corrected chi connectivity index (χ0v) is 18.1. The van der Waals surface area contributed by atoms with Gasteiger partial charge in [-0.1, -0.05) is 0 Å². The predicted molar refractivity (Wildman–Crippen MR) is 121 cm³/mol. The molecule has 0 amide bonds. The molecule has 0 saturated carbocycles. The SMILES string of the molecule is COc1ccc2oc(-c3ccc(OC)c(OC)c3)cc(=Nc3ccc([N+](=O)[O-])cc3O)c2c1. The number of ether oxygens (including phenoxy) is 3. The lowest BCUT2D eigenvalue weighted by atomic mass is 10.1. The van der Waals surface area contributed by atoms with Crippen molar-refractivity contribution in [1.82, 2.24) is 0 Å². The highest BCUT2D eigenvalue weighted by atomic mass is 16.6. The number of benzene rings is 3. The highest BCUT2D eigenvalue weighted by Gasteiger charge is 2.13. The molecule has 1 heterocycles. The van der Waals surface area contributed by atoms with Crippen molar-refractivity contribution in [2.75, 3.05) is 21.3 Å². The van der Waals surface area contributed by atoms with E-state index in [0.29, 0.717) is 39.3 Å². The second-order valence-corrected chi connectivity index (χ2v) is 6.97. The number of aromatic hydroxyl groups is 1. The van der Waals surface area contributed by atoms with E-state index in [2.05, 4.69) is 4.99 Å². The van der Waals surface area contributed by atoms with Crippen molar-refractivity contribution in [2.24, 2.45) is 4.99 Å². The second kappa shape index (κ2) is 8.91. The van der Waals surface area contributed by atoms with E-state index in [1.54, 1.807) is 57.7 Å². The molecule has 0 fully saturated rings. The third-order valence-corrected chi connectivity index (χ3v) is 5.03. The van der Waals surface area contributed by atoms with Crippen LogP contribution in [0.4, 0.5) is 11.4 Å². The van der Waals surface area contributed by atoms with Crippen LogP contribution in [0.1, 0.15) is 0 Å². The van der Waals surface area contributed by atoms with Crippen LogP contribution in [0.25, 0.3) is 22.3 Å². The van der Waals surface area contributed by atoms with Gasteiger partial charge in [0.05, 0.1) is 37.7 Å². The topological polar surface area (TPSA) is 117 Å². The molecule has 4 rings (SSSR count). The Morgan fingerprint density at radius 2 is 1.70 bits per heavy atom. The van der Waals surface area contributed by atoms with Crippen molar-refractivity contribution in [3.63, 3.8) is 0 Å². The van der Waals surface area contributed by atoms with Crippen LogP contribution in [0.15, 0.2) is 70.1 Å². The van der Waals surface area contributed by atoms with Crippen molar-refractivity contribution in [1.29, 1.82) is 0 Å². The highest BCUT2D eigenvalue weighted by Crippen LogP contribution is 2.34. The summed E-state index contributed by atoms with van der Waals surface area (Å²) in [5.74, 6) is 1.89. The first-order valence-electron chi connectivity index (χ1n) is 9.80. The molecule has 4 aromatic rings. The van der Waals surface area contributed by atoms with E-state index in [1.807, 2.05) is 6.07 Å². The number of phenolic OH excluding ortho intramolecular Hbond substituents is 1. The van der Waals surface area contributed by atoms with Gasteiger partial charge >= 0.3 is 0 Å². The van der Waals surface area contributed by atoms with E-state index in [9.17, 15) is 15.2 Å². The Morgan fingerprint density at radius 1 is 0.909 bits per heavy atom. The molecule has 0 aliphatic rings. The molecular weight excluding hydrogens is 428 g/mol. The van der Waals surface area contributed by atoms with Gasteiger partial charge in [0.1, 0.15) is 28.5 Å². The number of methoxy groups -OCH3 is 3. The van der Waals surface area contributed by atoms with Crippen molar-refractivity contribution in [2.45, 2.75) is 0 Å². The minimum Gasteiger partial charge on any atom is -0.505 e. The van der Waals surface area contributed by atoms with Crippen molar-refractivity contribution in [3.05, 3.63) is 76.1 Å². The van der Waals surface area contributed by atoms with Crippen LogP contribution in [-0.2, 0) is 0 Å². The lowest BCUT2D eigenvalue weighted by molar-refractivity contribution is -0.384. The molecule has 3 aromatic carbocycles. The Balaban J connectivity index is 1.96. The van der Waals surface area contributed by atoms with E-state index >= 15 is 0 Å². The van der Waals surface area contributed by atoms with Crippen LogP contribution in [0.3, 0.4) is 0 Å². The van der Waals surface area contributed by atoms with Crippen molar-refractivity contribution >= 4 is 22.3 Å². The average molecular weight is 448 g/mol. The van der Waals surface area contributed by atoms with E-state index in [1.165, 1.54) is 12.1 Å². The average Bonchev–Trinajstić information content (AvgIpc) is 2.84. The Hall–Kier alpha value is -4.53. The largest absolute Gasteiger partial charge is 0.505 e. The van der Waals surface area contributed by atoms with Crippen LogP contribution in [0, 0.1) is 10.1 Å². The molecule has 0 saturated heterocycles. The maximum Gasteiger partial charge on any atom is 0.273 e. The van der Waals surface area contributed by atoms with Gasteiger partial charge in [0.25, 0.3) is 5.69 Å². The molecule has 168 valence electrons. The fourth-order valence-electron chi connectivity index (χ4n) is 3.35. The molecule has 0 radical (unpaired) electrons. The van der Waals surface area contributed by atoms with Gasteiger partial charge < -0.3 is 23.7 Å². The van der Waals surface area contributed by atoms with Crippen molar-refractivity contribution < 1.29 is 28.7 Å². The summed E-state index contributed by atoms with van der Waals surface area (Å²) in [6.07, 6.45) is 0. The molecular formula is C24H20N2O7. The van der Waals surface area contributed by atoms with Crippen LogP contribution in [0.5, 0.6) is 23.0 Å². The zero-order valence-electron chi connectivity index (χ0n) is 18.1. The van der Waals surface area contributed by atoms with Gasteiger partial charge in [-0.2, -0.15) is 0 Å². The molecule has 0 atom stereocenters. The van der Waals surface area contributed by atoms with Crippen LogP contribution in [0.2, 0.25) is 0 Å². The third-order valence-electron chi connectivity index (χ3n) is 5.03. The number of nitrogens with zero attached hydrogens (tertiary/aromatic N) is 2. The first-order chi connectivity index (χ1) is 15.9. The molecule has 0 bridgehead atoms. The molecule has 0 unspecified atom stereocenters. The molecule has 0 aliphatic carbocycles. The number of nitro benzene ring substituents is 1. The standard InChI is InChI=1S/C24H20N2O7/c1-30-16-6-9-21-17(12-16)19(25-18-7-5-15(26(28)29)11-20(18)27)13-23(33-21)14-4-8-22(31-2)24(10-14)32-3/h4-13,27H,1-3H3. The number of fused-ring (bicyclic) bond motifs is 1. The van der Waals surface area contributed by atoms with Gasteiger partial charge in [-0.05, 0) is 42.5 Å². The second-order valence-electron chi connectivity index (χ2n) is 6.97. The summed E-state index contributed by atoms with van der Waals surface area (Å²) in [7, 11) is 4.65. The normalized spacial score (nSPS) is 11.4. The van der Waals surface area contributed by atoms with E-state index in [-0.39, 0.29) is 17.1 Å². The van der Waals surface area contributed by atoms with E-state index < -0.39 is 4.92 Å². The third kappa shape index (κ3) is 4.29. The maximum atomic E-state index is 11.0. The summed E-state index contributed by atoms with van der Waals surface area (Å²) in [6.45, 7) is 0. The number of phenols is 1. The summed E-state index contributed by atoms with van der Waals surface area (Å²) in [4.78, 5) is 15.0. The van der Waals surface area contributed by atoms with E-state index in [0.717, 1.165) is 11.6 Å². The lowest BCUT2D eigenvalue weighted by Crippen LogP contribution is -2.04. The maximum absolute atomic E-state index is 11.0. The summed E-state index contributed by atoms with van der Waals surface area (Å²) in [6, 6.07) is 16.1. The van der Waals surface area contributed by atoms with Crippen LogP contribution >= 0.6 is 0 Å². The summed E-state index contributed by atoms with van der Waals surface area (Å²) >= 11 is 0. The number of nitro groups is 1. The summed E-state index contributed by atoms with van der Waals surface area (Å²) in [5, 5.41) is 22.4. The monoisotopic (exact) mass is 448 g/mol. The minimum atomic E-state index is -0.583. The Labute approximate surface area is 188 Å². The molecule has 0 spiro atoms. The van der Waals surface area contributed by atoms with Gasteiger partial charge in [-0.3, -0.25) is 10.1 Å². The van der Waals surface area contributed by atoms with Crippen LogP contribution < -0.4 is 19.6 Å². The Bertz CT molecular complexity index is 1430. The molecule has 9 nitrogen and oxygen atoms in total. The smallest absolute Gasteiger partial charge is 0.273 e. The van der Waals surface area contributed by atoms with Crippen molar-refractivity contribution in [3.8, 4) is 34.3 Å². The number of non-ortho nitro benzene ring substituents is 1. The molecule has 33 heavy (non-hydrogen) atoms. The first kappa shape index (κ1) is 21.7. The first-order valence-corrected chi connectivity index (χ1v) is 9.80. The predicted octanol–water partition coefficient (Wildman–Crippen LogP) is 4.97. The zero-order chi connectivity index (χ0) is 23.5. The highest BCUT2D eigenvalue weighted by molar-refractivity contribution is 5.80. The van der Waals surface area contributed by atoms with Gasteiger partial charge in [0, 0.05) is 23.1 Å². The molecule has 1 N–H and O–H groups in total. The quantitative estimate of drug-likeness (QED) is 0.327. The van der Waals surface area contributed by atoms with Crippen LogP contribution in [-0.4, -0.2) is 31.4 Å². The molecule has 1 aromatic heterocycles. The minimum absolute atomic E-state index is 0.175. The fourth-order valence-corrected chi connectivity index (χ4v) is 3.35. The van der Waals surface area contributed by atoms with Gasteiger partial charge in [-0.25, -0.2) is 4.99 Å². The van der Waals surface area contributed by atoms with Gasteiger partial charge in [0.2, 0.25) is 0 Å². The summed E-state index contributed by atoms with van der Waals surface area (Å²) in [5.41, 5.74) is 1.19. The van der Waals surface area contributed by atoms with E-state index in [4.69, 9.17) is 18.6 Å². The number of hydrogen-bond acceptors (Lipinski definition) is 8. The van der Waals surface area contributed by atoms with Gasteiger partial charge in [-0.15, -0.1) is 0 Å².